The van der Waals surface area contributed by atoms with Crippen molar-refractivity contribution >= 4 is 21.7 Å². The molecule has 0 bridgehead atoms. The van der Waals surface area contributed by atoms with Gasteiger partial charge in [-0.05, 0) is 42.2 Å². The fourth-order valence-electron chi connectivity index (χ4n) is 1.88. The summed E-state index contributed by atoms with van der Waals surface area (Å²) in [6.45, 7) is 3.28. The SMILES string of the molecule is CC1CC(Nc2ncncc2Br)CCN1. The Morgan fingerprint density at radius 2 is 2.47 bits per heavy atom. The van der Waals surface area contributed by atoms with E-state index in [2.05, 4.69) is 43.5 Å². The number of aromatic nitrogens is 2. The van der Waals surface area contributed by atoms with Crippen molar-refractivity contribution in [2.45, 2.75) is 31.8 Å². The van der Waals surface area contributed by atoms with E-state index < -0.39 is 0 Å². The lowest BCUT2D eigenvalue weighted by Crippen LogP contribution is -2.41. The van der Waals surface area contributed by atoms with Crippen molar-refractivity contribution in [1.82, 2.24) is 15.3 Å². The molecule has 4 nitrogen and oxygen atoms in total. The van der Waals surface area contributed by atoms with Crippen molar-refractivity contribution in [1.29, 1.82) is 0 Å². The van der Waals surface area contributed by atoms with Gasteiger partial charge in [-0.2, -0.15) is 0 Å². The summed E-state index contributed by atoms with van der Waals surface area (Å²) in [5.74, 6) is 0.893. The summed E-state index contributed by atoms with van der Waals surface area (Å²) in [5, 5.41) is 6.87. The number of hydrogen-bond acceptors (Lipinski definition) is 4. The fraction of sp³-hybridized carbons (Fsp3) is 0.600. The van der Waals surface area contributed by atoms with E-state index in [1.165, 1.54) is 0 Å². The van der Waals surface area contributed by atoms with Crippen molar-refractivity contribution in [3.8, 4) is 0 Å². The van der Waals surface area contributed by atoms with E-state index >= 15 is 0 Å². The van der Waals surface area contributed by atoms with Crippen LogP contribution >= 0.6 is 15.9 Å². The molecule has 0 saturated carbocycles. The molecular formula is C10H15BrN4. The van der Waals surface area contributed by atoms with Crippen LogP contribution in [0.1, 0.15) is 19.8 Å². The van der Waals surface area contributed by atoms with Crippen LogP contribution in [0.5, 0.6) is 0 Å². The molecular weight excluding hydrogens is 256 g/mol. The zero-order valence-electron chi connectivity index (χ0n) is 8.70. The first-order valence-electron chi connectivity index (χ1n) is 5.21. The summed E-state index contributed by atoms with van der Waals surface area (Å²) in [5.41, 5.74) is 0. The second-order valence-electron chi connectivity index (χ2n) is 3.94. The van der Waals surface area contributed by atoms with Crippen LogP contribution in [0.3, 0.4) is 0 Å². The Morgan fingerprint density at radius 1 is 1.60 bits per heavy atom. The molecule has 0 aromatic carbocycles. The van der Waals surface area contributed by atoms with Crippen molar-refractivity contribution < 1.29 is 0 Å². The normalized spacial score (nSPS) is 26.3. The molecule has 2 unspecified atom stereocenters. The molecule has 1 saturated heterocycles. The molecule has 1 aromatic rings. The van der Waals surface area contributed by atoms with Crippen molar-refractivity contribution in [3.05, 3.63) is 17.0 Å². The van der Waals surface area contributed by atoms with E-state index in [-0.39, 0.29) is 0 Å². The van der Waals surface area contributed by atoms with Crippen molar-refractivity contribution in [3.63, 3.8) is 0 Å². The maximum absolute atomic E-state index is 4.21. The molecule has 15 heavy (non-hydrogen) atoms. The monoisotopic (exact) mass is 270 g/mol. The number of halogens is 1. The molecule has 5 heteroatoms. The Labute approximate surface area is 98.0 Å². The Balaban J connectivity index is 1.99. The summed E-state index contributed by atoms with van der Waals surface area (Å²) in [6, 6.07) is 1.09. The third kappa shape index (κ3) is 2.89. The number of anilines is 1. The topological polar surface area (TPSA) is 49.8 Å². The third-order valence-corrected chi connectivity index (χ3v) is 3.21. The van der Waals surface area contributed by atoms with E-state index in [1.807, 2.05) is 0 Å². The zero-order chi connectivity index (χ0) is 10.7. The predicted octanol–water partition coefficient (Wildman–Crippen LogP) is 1.79. The molecule has 2 atom stereocenters. The molecule has 0 radical (unpaired) electrons. The van der Waals surface area contributed by atoms with Crippen LogP contribution in [0, 0.1) is 0 Å². The molecule has 0 spiro atoms. The molecule has 82 valence electrons. The van der Waals surface area contributed by atoms with Gasteiger partial charge in [-0.25, -0.2) is 9.97 Å². The first-order chi connectivity index (χ1) is 7.25. The summed E-state index contributed by atoms with van der Waals surface area (Å²) < 4.78 is 0.927. The molecule has 2 rings (SSSR count). The van der Waals surface area contributed by atoms with Gasteiger partial charge in [0, 0.05) is 18.3 Å². The van der Waals surface area contributed by atoms with Crippen molar-refractivity contribution in [2.75, 3.05) is 11.9 Å². The highest BCUT2D eigenvalue weighted by Gasteiger charge is 2.18. The molecule has 1 aliphatic heterocycles. The van der Waals surface area contributed by atoms with E-state index in [1.54, 1.807) is 12.5 Å². The van der Waals surface area contributed by atoms with Gasteiger partial charge in [-0.15, -0.1) is 0 Å². The third-order valence-electron chi connectivity index (χ3n) is 2.63. The Kier molecular flexibility index (Phi) is 3.53. The number of hydrogen-bond donors (Lipinski definition) is 2. The zero-order valence-corrected chi connectivity index (χ0v) is 10.3. The van der Waals surface area contributed by atoms with Crippen LogP contribution in [0.25, 0.3) is 0 Å². The average Bonchev–Trinajstić information content (AvgIpc) is 2.22. The molecule has 1 aliphatic rings. The summed E-state index contributed by atoms with van der Waals surface area (Å²) in [7, 11) is 0. The molecule has 0 amide bonds. The predicted molar refractivity (Wildman–Crippen MR) is 63.8 cm³/mol. The second kappa shape index (κ2) is 4.90. The summed E-state index contributed by atoms with van der Waals surface area (Å²) >= 11 is 3.44. The van der Waals surface area contributed by atoms with Gasteiger partial charge in [0.15, 0.2) is 0 Å². The summed E-state index contributed by atoms with van der Waals surface area (Å²) in [4.78, 5) is 8.15. The van der Waals surface area contributed by atoms with Gasteiger partial charge in [0.2, 0.25) is 0 Å². The minimum Gasteiger partial charge on any atom is -0.366 e. The van der Waals surface area contributed by atoms with E-state index in [4.69, 9.17) is 0 Å². The van der Waals surface area contributed by atoms with Crippen LogP contribution in [-0.2, 0) is 0 Å². The lowest BCUT2D eigenvalue weighted by Gasteiger charge is -2.29. The quantitative estimate of drug-likeness (QED) is 0.861. The molecule has 2 N–H and O–H groups in total. The van der Waals surface area contributed by atoms with Crippen LogP contribution in [0.15, 0.2) is 17.0 Å². The largest absolute Gasteiger partial charge is 0.366 e. The number of rotatable bonds is 2. The van der Waals surface area contributed by atoms with Gasteiger partial charge in [-0.1, -0.05) is 0 Å². The molecule has 0 aliphatic carbocycles. The van der Waals surface area contributed by atoms with Gasteiger partial charge in [0.05, 0.1) is 4.47 Å². The van der Waals surface area contributed by atoms with Gasteiger partial charge < -0.3 is 10.6 Å². The lowest BCUT2D eigenvalue weighted by molar-refractivity contribution is 0.395. The van der Waals surface area contributed by atoms with E-state index in [0.29, 0.717) is 12.1 Å². The minimum atomic E-state index is 0.507. The smallest absolute Gasteiger partial charge is 0.143 e. The Morgan fingerprint density at radius 3 is 3.20 bits per heavy atom. The highest BCUT2D eigenvalue weighted by molar-refractivity contribution is 9.10. The minimum absolute atomic E-state index is 0.507. The standard InChI is InChI=1S/C10H15BrN4/c1-7-4-8(2-3-13-7)15-10-9(11)5-12-6-14-10/h5-8,13H,2-4H2,1H3,(H,12,14,15). The van der Waals surface area contributed by atoms with E-state index in [9.17, 15) is 0 Å². The van der Waals surface area contributed by atoms with E-state index in [0.717, 1.165) is 29.7 Å². The van der Waals surface area contributed by atoms with Gasteiger partial charge in [-0.3, -0.25) is 0 Å². The fourth-order valence-corrected chi connectivity index (χ4v) is 2.21. The van der Waals surface area contributed by atoms with Gasteiger partial charge in [0.25, 0.3) is 0 Å². The average molecular weight is 271 g/mol. The number of piperidine rings is 1. The highest BCUT2D eigenvalue weighted by Crippen LogP contribution is 2.20. The Hall–Kier alpha value is -0.680. The summed E-state index contributed by atoms with van der Waals surface area (Å²) in [6.07, 6.45) is 5.61. The highest BCUT2D eigenvalue weighted by atomic mass is 79.9. The van der Waals surface area contributed by atoms with Crippen LogP contribution in [0.4, 0.5) is 5.82 Å². The second-order valence-corrected chi connectivity index (χ2v) is 4.79. The molecule has 2 heterocycles. The maximum Gasteiger partial charge on any atom is 0.143 e. The van der Waals surface area contributed by atoms with Crippen molar-refractivity contribution in [2.24, 2.45) is 0 Å². The Bertz CT molecular complexity index is 331. The lowest BCUT2D eigenvalue weighted by atomic mass is 10.0. The van der Waals surface area contributed by atoms with Crippen LogP contribution < -0.4 is 10.6 Å². The maximum atomic E-state index is 4.21. The van der Waals surface area contributed by atoms with Crippen LogP contribution in [0.2, 0.25) is 0 Å². The first-order valence-corrected chi connectivity index (χ1v) is 6.00. The van der Waals surface area contributed by atoms with Gasteiger partial charge in [0.1, 0.15) is 12.1 Å². The molecule has 1 aromatic heterocycles. The molecule has 1 fully saturated rings. The first kappa shape index (κ1) is 10.8. The number of nitrogens with one attached hydrogen (secondary N) is 2. The number of nitrogens with zero attached hydrogens (tertiary/aromatic N) is 2. The van der Waals surface area contributed by atoms with Gasteiger partial charge >= 0.3 is 0 Å². The van der Waals surface area contributed by atoms with Crippen LogP contribution in [-0.4, -0.2) is 28.6 Å².